The van der Waals surface area contributed by atoms with Crippen molar-refractivity contribution in [3.05, 3.63) is 176 Å². The summed E-state index contributed by atoms with van der Waals surface area (Å²) in [6.45, 7) is 0. The van der Waals surface area contributed by atoms with Crippen LogP contribution in [0.2, 0.25) is 0 Å². The number of fused-ring (bicyclic) bond motifs is 10. The average molecular weight is 652 g/mol. The van der Waals surface area contributed by atoms with E-state index in [-0.39, 0.29) is 0 Å². The summed E-state index contributed by atoms with van der Waals surface area (Å²) in [5.41, 5.74) is 8.90. The van der Waals surface area contributed by atoms with Crippen molar-refractivity contribution >= 4 is 65.4 Å². The van der Waals surface area contributed by atoms with Gasteiger partial charge < -0.3 is 4.57 Å². The van der Waals surface area contributed by atoms with E-state index in [4.69, 9.17) is 9.97 Å². The molecule has 0 aliphatic heterocycles. The molecule has 4 aromatic heterocycles. The predicted molar refractivity (Wildman–Crippen MR) is 210 cm³/mol. The number of nitrogens with zero attached hydrogens (tertiary/aromatic N) is 5. The molecular weight excluding hydrogens is 623 g/mol. The molecule has 238 valence electrons. The molecule has 5 nitrogen and oxygen atoms in total. The van der Waals surface area contributed by atoms with Crippen LogP contribution in [-0.2, 0) is 0 Å². The van der Waals surface area contributed by atoms with E-state index < -0.39 is 0 Å². The number of benzene rings is 7. The van der Waals surface area contributed by atoms with Gasteiger partial charge in [0.15, 0.2) is 5.82 Å². The Labute approximate surface area is 292 Å². The van der Waals surface area contributed by atoms with Gasteiger partial charge in [0, 0.05) is 49.6 Å². The van der Waals surface area contributed by atoms with Gasteiger partial charge >= 0.3 is 0 Å². The highest BCUT2D eigenvalue weighted by Gasteiger charge is 2.22. The summed E-state index contributed by atoms with van der Waals surface area (Å²) >= 11 is 0. The summed E-state index contributed by atoms with van der Waals surface area (Å²) < 4.78 is 6.99. The molecule has 0 aliphatic carbocycles. The maximum absolute atomic E-state index is 5.34. The molecule has 11 rings (SSSR count). The topological polar surface area (TPSA) is 40.6 Å². The van der Waals surface area contributed by atoms with Gasteiger partial charge in [-0.05, 0) is 48.5 Å². The zero-order valence-corrected chi connectivity index (χ0v) is 27.5. The van der Waals surface area contributed by atoms with Crippen LogP contribution in [0.1, 0.15) is 0 Å². The first-order valence-electron chi connectivity index (χ1n) is 17.3. The van der Waals surface area contributed by atoms with Crippen molar-refractivity contribution < 1.29 is 0 Å². The Bertz CT molecular complexity index is 3080. The lowest BCUT2D eigenvalue weighted by atomic mass is 10.1. The van der Waals surface area contributed by atoms with Crippen molar-refractivity contribution in [2.24, 2.45) is 0 Å². The second-order valence-corrected chi connectivity index (χ2v) is 13.0. The standard InChI is InChI=1S/C46H29N5/c1-3-15-30(16-4-1)46-47-42(50-36-23-11-7-19-32(36)33-20-8-12-24-37(33)50)29-43(48-46)51-39-26-14-10-22-35(39)45-41(51)28-27-40-44(45)34-21-9-13-25-38(34)49(40)31-17-5-2-6-18-31/h1-29H. The number of para-hydroxylation sites is 5. The molecule has 0 unspecified atom stereocenters. The molecule has 0 amide bonds. The molecule has 0 radical (unpaired) electrons. The molecule has 0 bridgehead atoms. The Kier molecular flexibility index (Phi) is 5.89. The highest BCUT2D eigenvalue weighted by molar-refractivity contribution is 6.28. The lowest BCUT2D eigenvalue weighted by molar-refractivity contribution is 0.994. The van der Waals surface area contributed by atoms with E-state index in [0.717, 1.165) is 45.0 Å². The van der Waals surface area contributed by atoms with Crippen molar-refractivity contribution in [2.75, 3.05) is 0 Å². The highest BCUT2D eigenvalue weighted by Crippen LogP contribution is 2.42. The zero-order chi connectivity index (χ0) is 33.5. The van der Waals surface area contributed by atoms with Crippen LogP contribution in [0, 0.1) is 0 Å². The Hall–Kier alpha value is -6.98. The third-order valence-electron chi connectivity index (χ3n) is 10.3. The average Bonchev–Trinajstić information content (AvgIpc) is 3.84. The zero-order valence-electron chi connectivity index (χ0n) is 27.5. The Morgan fingerprint density at radius 1 is 0.314 bits per heavy atom. The minimum atomic E-state index is 0.678. The number of hydrogen-bond donors (Lipinski definition) is 0. The molecule has 0 saturated carbocycles. The van der Waals surface area contributed by atoms with Gasteiger partial charge in [0.1, 0.15) is 11.6 Å². The first-order chi connectivity index (χ1) is 25.3. The van der Waals surface area contributed by atoms with Crippen LogP contribution in [0.4, 0.5) is 0 Å². The molecule has 51 heavy (non-hydrogen) atoms. The summed E-state index contributed by atoms with van der Waals surface area (Å²) in [5, 5.41) is 7.26. The van der Waals surface area contributed by atoms with Gasteiger partial charge in [0.2, 0.25) is 0 Å². The maximum Gasteiger partial charge on any atom is 0.163 e. The van der Waals surface area contributed by atoms with E-state index in [9.17, 15) is 0 Å². The van der Waals surface area contributed by atoms with E-state index in [2.05, 4.69) is 171 Å². The van der Waals surface area contributed by atoms with Crippen LogP contribution in [0.5, 0.6) is 0 Å². The van der Waals surface area contributed by atoms with E-state index in [1.54, 1.807) is 0 Å². The fourth-order valence-corrected chi connectivity index (χ4v) is 8.16. The van der Waals surface area contributed by atoms with Crippen LogP contribution in [0.3, 0.4) is 0 Å². The highest BCUT2D eigenvalue weighted by atomic mass is 15.1. The quantitative estimate of drug-likeness (QED) is 0.190. The Balaban J connectivity index is 1.27. The lowest BCUT2D eigenvalue weighted by Crippen LogP contribution is -2.06. The summed E-state index contributed by atoms with van der Waals surface area (Å²) in [7, 11) is 0. The van der Waals surface area contributed by atoms with Crippen LogP contribution in [-0.4, -0.2) is 23.7 Å². The maximum atomic E-state index is 5.34. The molecule has 0 saturated heterocycles. The van der Waals surface area contributed by atoms with Crippen LogP contribution in [0.15, 0.2) is 176 Å². The number of aromatic nitrogens is 5. The summed E-state index contributed by atoms with van der Waals surface area (Å²) in [6.07, 6.45) is 0. The molecule has 11 aromatic rings. The van der Waals surface area contributed by atoms with Gasteiger partial charge in [0.05, 0.1) is 33.1 Å². The molecule has 0 fully saturated rings. The van der Waals surface area contributed by atoms with Crippen molar-refractivity contribution in [1.82, 2.24) is 23.7 Å². The van der Waals surface area contributed by atoms with Crippen molar-refractivity contribution in [2.45, 2.75) is 0 Å². The predicted octanol–water partition coefficient (Wildman–Crippen LogP) is 11.4. The Morgan fingerprint density at radius 2 is 0.706 bits per heavy atom. The first kappa shape index (κ1) is 27.9. The first-order valence-corrected chi connectivity index (χ1v) is 17.3. The van der Waals surface area contributed by atoms with Crippen LogP contribution >= 0.6 is 0 Å². The number of rotatable bonds is 4. The van der Waals surface area contributed by atoms with Crippen molar-refractivity contribution in [3.8, 4) is 28.7 Å². The molecule has 0 atom stereocenters. The fraction of sp³-hybridized carbons (Fsp3) is 0. The lowest BCUT2D eigenvalue weighted by Gasteiger charge is -2.14. The molecule has 0 aliphatic rings. The van der Waals surface area contributed by atoms with E-state index in [0.29, 0.717) is 5.82 Å². The minimum absolute atomic E-state index is 0.678. The summed E-state index contributed by atoms with van der Waals surface area (Å²) in [6, 6.07) is 62.2. The van der Waals surface area contributed by atoms with Crippen LogP contribution < -0.4 is 0 Å². The van der Waals surface area contributed by atoms with Gasteiger partial charge in [-0.3, -0.25) is 9.13 Å². The second-order valence-electron chi connectivity index (χ2n) is 13.0. The molecule has 4 heterocycles. The molecule has 0 N–H and O–H groups in total. The van der Waals surface area contributed by atoms with Crippen molar-refractivity contribution in [3.63, 3.8) is 0 Å². The number of hydrogen-bond acceptors (Lipinski definition) is 2. The van der Waals surface area contributed by atoms with E-state index >= 15 is 0 Å². The largest absolute Gasteiger partial charge is 0.309 e. The van der Waals surface area contributed by atoms with E-state index in [1.807, 2.05) is 18.2 Å². The van der Waals surface area contributed by atoms with Gasteiger partial charge in [-0.25, -0.2) is 9.97 Å². The molecule has 5 heteroatoms. The molecular formula is C46H29N5. The van der Waals surface area contributed by atoms with Crippen molar-refractivity contribution in [1.29, 1.82) is 0 Å². The normalized spacial score (nSPS) is 11.9. The third kappa shape index (κ3) is 4.03. The van der Waals surface area contributed by atoms with Gasteiger partial charge in [0.25, 0.3) is 0 Å². The SMILES string of the molecule is c1ccc(-c2nc(-n3c4ccccc4c4ccccc43)cc(-n3c4ccccc4c4c5c6ccccc6n(-c6ccccc6)c5ccc43)n2)cc1. The van der Waals surface area contributed by atoms with Gasteiger partial charge in [-0.1, -0.05) is 121 Å². The fourth-order valence-electron chi connectivity index (χ4n) is 8.16. The third-order valence-corrected chi connectivity index (χ3v) is 10.3. The minimum Gasteiger partial charge on any atom is -0.309 e. The molecule has 0 spiro atoms. The summed E-state index contributed by atoms with van der Waals surface area (Å²) in [5.74, 6) is 2.32. The van der Waals surface area contributed by atoms with Gasteiger partial charge in [-0.15, -0.1) is 0 Å². The summed E-state index contributed by atoms with van der Waals surface area (Å²) in [4.78, 5) is 10.6. The Morgan fingerprint density at radius 3 is 1.25 bits per heavy atom. The van der Waals surface area contributed by atoms with Crippen LogP contribution in [0.25, 0.3) is 94.1 Å². The van der Waals surface area contributed by atoms with Gasteiger partial charge in [-0.2, -0.15) is 0 Å². The smallest absolute Gasteiger partial charge is 0.163 e. The second kappa shape index (κ2) is 10.8. The monoisotopic (exact) mass is 651 g/mol. The molecule has 7 aromatic carbocycles. The van der Waals surface area contributed by atoms with E-state index in [1.165, 1.54) is 43.4 Å².